The molecule has 0 spiro atoms. The van der Waals surface area contributed by atoms with Crippen LogP contribution in [0.2, 0.25) is 0 Å². The van der Waals surface area contributed by atoms with Gasteiger partial charge in [0.2, 0.25) is 0 Å². The highest BCUT2D eigenvalue weighted by atomic mass is 19.1. The fraction of sp³-hybridized carbons (Fsp3) is 0.267. The van der Waals surface area contributed by atoms with Gasteiger partial charge >= 0.3 is 0 Å². The zero-order valence-electron chi connectivity index (χ0n) is 11.8. The van der Waals surface area contributed by atoms with Crippen molar-refractivity contribution >= 4 is 17.4 Å². The number of benzene rings is 1. The first-order valence-corrected chi connectivity index (χ1v) is 6.82. The number of para-hydroxylation sites is 1. The molecule has 2 aromatic rings. The predicted octanol–water partition coefficient (Wildman–Crippen LogP) is 2.89. The zero-order valence-corrected chi connectivity index (χ0v) is 11.8. The minimum absolute atomic E-state index is 0.241. The smallest absolute Gasteiger partial charge is 0.271 e. The van der Waals surface area contributed by atoms with Gasteiger partial charge in [-0.05, 0) is 18.6 Å². The highest BCUT2D eigenvalue weighted by Crippen LogP contribution is 2.17. The summed E-state index contributed by atoms with van der Waals surface area (Å²) in [5.41, 5.74) is 0.553. The Balaban J connectivity index is 1.99. The molecule has 0 bridgehead atoms. The van der Waals surface area contributed by atoms with Gasteiger partial charge in [0, 0.05) is 6.54 Å². The molecule has 0 aliphatic heterocycles. The molecule has 0 aliphatic carbocycles. The van der Waals surface area contributed by atoms with Crippen LogP contribution in [0.15, 0.2) is 36.7 Å². The normalized spacial score (nSPS) is 10.2. The number of unbranched alkanes of at least 4 members (excludes halogenated alkanes) is 1. The molecule has 0 aliphatic rings. The number of halogens is 1. The summed E-state index contributed by atoms with van der Waals surface area (Å²) in [6, 6.07) is 6.28. The summed E-state index contributed by atoms with van der Waals surface area (Å²) < 4.78 is 13.5. The lowest BCUT2D eigenvalue weighted by Gasteiger charge is -2.07. The van der Waals surface area contributed by atoms with Crippen LogP contribution < -0.4 is 10.6 Å². The molecule has 2 rings (SSSR count). The number of nitrogens with zero attached hydrogens (tertiary/aromatic N) is 2. The number of aromatic nitrogens is 2. The molecule has 1 aromatic heterocycles. The van der Waals surface area contributed by atoms with Gasteiger partial charge in [-0.2, -0.15) is 0 Å². The number of amides is 1. The molecular formula is C15H17FN4O. The van der Waals surface area contributed by atoms with E-state index in [0.29, 0.717) is 18.1 Å². The second-order valence-corrected chi connectivity index (χ2v) is 4.50. The molecule has 1 amide bonds. The molecule has 0 saturated carbocycles. The average molecular weight is 288 g/mol. The van der Waals surface area contributed by atoms with Crippen LogP contribution in [-0.4, -0.2) is 22.4 Å². The Labute approximate surface area is 122 Å². The third-order valence-corrected chi connectivity index (χ3v) is 2.84. The maximum absolute atomic E-state index is 13.5. The topological polar surface area (TPSA) is 66.9 Å². The van der Waals surface area contributed by atoms with Crippen molar-refractivity contribution in [1.82, 2.24) is 15.3 Å². The van der Waals surface area contributed by atoms with Crippen LogP contribution in [0.25, 0.3) is 0 Å². The summed E-state index contributed by atoms with van der Waals surface area (Å²) in [6.45, 7) is 2.67. The number of hydrogen-bond donors (Lipinski definition) is 2. The van der Waals surface area contributed by atoms with Crippen LogP contribution in [0, 0.1) is 5.82 Å². The number of nitrogens with one attached hydrogen (secondary N) is 2. The van der Waals surface area contributed by atoms with E-state index in [4.69, 9.17) is 0 Å². The Morgan fingerprint density at radius 1 is 1.24 bits per heavy atom. The molecule has 1 aromatic carbocycles. The second kappa shape index (κ2) is 7.33. The standard InChI is InChI=1S/C15H17FN4O/c1-2-3-8-17-15(21)13-9-19-14(10-18-13)20-12-7-5-4-6-11(12)16/h4-7,9-10H,2-3,8H2,1H3,(H,17,21)(H,19,20). The van der Waals surface area contributed by atoms with Crippen molar-refractivity contribution in [3.8, 4) is 0 Å². The van der Waals surface area contributed by atoms with Gasteiger partial charge < -0.3 is 10.6 Å². The molecule has 0 atom stereocenters. The van der Waals surface area contributed by atoms with Crippen molar-refractivity contribution in [2.75, 3.05) is 11.9 Å². The van der Waals surface area contributed by atoms with Gasteiger partial charge in [-0.1, -0.05) is 25.5 Å². The van der Waals surface area contributed by atoms with E-state index in [1.807, 2.05) is 0 Å². The lowest BCUT2D eigenvalue weighted by molar-refractivity contribution is 0.0948. The number of carbonyl (C=O) groups excluding carboxylic acids is 1. The maximum atomic E-state index is 13.5. The molecule has 1 heterocycles. The Morgan fingerprint density at radius 3 is 2.71 bits per heavy atom. The summed E-state index contributed by atoms with van der Waals surface area (Å²) in [4.78, 5) is 19.8. The van der Waals surface area contributed by atoms with Gasteiger partial charge in [-0.15, -0.1) is 0 Å². The van der Waals surface area contributed by atoms with E-state index in [9.17, 15) is 9.18 Å². The van der Waals surface area contributed by atoms with E-state index in [1.165, 1.54) is 18.5 Å². The Kier molecular flexibility index (Phi) is 5.20. The van der Waals surface area contributed by atoms with Crippen molar-refractivity contribution in [2.45, 2.75) is 19.8 Å². The highest BCUT2D eigenvalue weighted by molar-refractivity contribution is 5.92. The highest BCUT2D eigenvalue weighted by Gasteiger charge is 2.08. The third kappa shape index (κ3) is 4.24. The number of carbonyl (C=O) groups is 1. The molecule has 110 valence electrons. The van der Waals surface area contributed by atoms with Gasteiger partial charge in [0.1, 0.15) is 17.3 Å². The lowest BCUT2D eigenvalue weighted by atomic mass is 10.3. The quantitative estimate of drug-likeness (QED) is 0.802. The number of hydrogen-bond acceptors (Lipinski definition) is 4. The van der Waals surface area contributed by atoms with Crippen LogP contribution in [-0.2, 0) is 0 Å². The maximum Gasteiger partial charge on any atom is 0.271 e. The first-order valence-electron chi connectivity index (χ1n) is 6.82. The fourth-order valence-corrected chi connectivity index (χ4v) is 1.68. The monoisotopic (exact) mass is 288 g/mol. The molecule has 0 fully saturated rings. The fourth-order valence-electron chi connectivity index (χ4n) is 1.68. The number of anilines is 2. The van der Waals surface area contributed by atoms with E-state index in [1.54, 1.807) is 18.2 Å². The molecule has 0 radical (unpaired) electrons. The van der Waals surface area contributed by atoms with Crippen molar-refractivity contribution < 1.29 is 9.18 Å². The number of rotatable bonds is 6. The molecule has 5 nitrogen and oxygen atoms in total. The molecule has 0 saturated heterocycles. The molecule has 6 heteroatoms. The van der Waals surface area contributed by atoms with Gasteiger partial charge in [0.05, 0.1) is 18.1 Å². The Hall–Kier alpha value is -2.50. The third-order valence-electron chi connectivity index (χ3n) is 2.84. The van der Waals surface area contributed by atoms with Crippen LogP contribution >= 0.6 is 0 Å². The largest absolute Gasteiger partial charge is 0.351 e. The van der Waals surface area contributed by atoms with Crippen molar-refractivity contribution in [3.05, 3.63) is 48.2 Å². The van der Waals surface area contributed by atoms with Crippen LogP contribution in [0.4, 0.5) is 15.9 Å². The van der Waals surface area contributed by atoms with E-state index < -0.39 is 0 Å². The van der Waals surface area contributed by atoms with Crippen LogP contribution in [0.3, 0.4) is 0 Å². The van der Waals surface area contributed by atoms with E-state index >= 15 is 0 Å². The molecular weight excluding hydrogens is 271 g/mol. The zero-order chi connectivity index (χ0) is 15.1. The minimum atomic E-state index is -0.374. The Bertz CT molecular complexity index is 601. The Morgan fingerprint density at radius 2 is 2.05 bits per heavy atom. The van der Waals surface area contributed by atoms with Gasteiger partial charge in [0.25, 0.3) is 5.91 Å². The van der Waals surface area contributed by atoms with Crippen LogP contribution in [0.1, 0.15) is 30.3 Å². The van der Waals surface area contributed by atoms with Crippen LogP contribution in [0.5, 0.6) is 0 Å². The van der Waals surface area contributed by atoms with E-state index in [2.05, 4.69) is 27.5 Å². The summed E-state index contributed by atoms with van der Waals surface area (Å²) in [5, 5.41) is 5.57. The van der Waals surface area contributed by atoms with E-state index in [0.717, 1.165) is 12.8 Å². The van der Waals surface area contributed by atoms with Crippen molar-refractivity contribution in [2.24, 2.45) is 0 Å². The second-order valence-electron chi connectivity index (χ2n) is 4.50. The SMILES string of the molecule is CCCCNC(=O)c1cnc(Nc2ccccc2F)cn1. The summed E-state index contributed by atoms with van der Waals surface area (Å²) in [7, 11) is 0. The van der Waals surface area contributed by atoms with Gasteiger partial charge in [-0.3, -0.25) is 4.79 Å². The average Bonchev–Trinajstić information content (AvgIpc) is 2.50. The minimum Gasteiger partial charge on any atom is -0.351 e. The first-order chi connectivity index (χ1) is 10.2. The predicted molar refractivity (Wildman–Crippen MR) is 79.0 cm³/mol. The molecule has 2 N–H and O–H groups in total. The summed E-state index contributed by atoms with van der Waals surface area (Å²) >= 11 is 0. The lowest BCUT2D eigenvalue weighted by Crippen LogP contribution is -2.25. The first kappa shape index (κ1) is 14.9. The molecule has 21 heavy (non-hydrogen) atoms. The van der Waals surface area contributed by atoms with Crippen molar-refractivity contribution in [1.29, 1.82) is 0 Å². The van der Waals surface area contributed by atoms with Gasteiger partial charge in [0.15, 0.2) is 0 Å². The van der Waals surface area contributed by atoms with Crippen molar-refractivity contribution in [3.63, 3.8) is 0 Å². The van der Waals surface area contributed by atoms with Gasteiger partial charge in [-0.25, -0.2) is 14.4 Å². The molecule has 0 unspecified atom stereocenters. The summed E-state index contributed by atoms with van der Waals surface area (Å²) in [6.07, 6.45) is 4.70. The summed E-state index contributed by atoms with van der Waals surface area (Å²) in [5.74, 6) is -0.251. The van der Waals surface area contributed by atoms with E-state index in [-0.39, 0.29) is 17.4 Å².